The number of rotatable bonds is 6. The van der Waals surface area contributed by atoms with E-state index in [1.54, 1.807) is 20.2 Å². The zero-order valence-electron chi connectivity index (χ0n) is 18.6. The van der Waals surface area contributed by atoms with Gasteiger partial charge in [0.25, 0.3) is 5.91 Å². The first-order valence-corrected chi connectivity index (χ1v) is 10.9. The van der Waals surface area contributed by atoms with Crippen LogP contribution >= 0.6 is 0 Å². The van der Waals surface area contributed by atoms with Crippen molar-refractivity contribution in [1.82, 2.24) is 20.5 Å². The van der Waals surface area contributed by atoms with E-state index in [0.29, 0.717) is 35.1 Å². The fourth-order valence-corrected chi connectivity index (χ4v) is 4.13. The predicted molar refractivity (Wildman–Crippen MR) is 125 cm³/mol. The molecule has 1 aliphatic rings. The lowest BCUT2D eigenvalue weighted by Crippen LogP contribution is -2.48. The molecule has 0 saturated carbocycles. The summed E-state index contributed by atoms with van der Waals surface area (Å²) in [6.45, 7) is 0.327. The number of carbonyl (C=O) groups is 3. The molecule has 8 heteroatoms. The first kappa shape index (κ1) is 22.3. The Kier molecular flexibility index (Phi) is 6.53. The minimum atomic E-state index is -0.483. The van der Waals surface area contributed by atoms with Gasteiger partial charge in [-0.25, -0.2) is 4.98 Å². The quantitative estimate of drug-likeness (QED) is 0.606. The number of fused-ring (bicyclic) bond motifs is 1. The molecule has 4 rings (SSSR count). The third-order valence-corrected chi connectivity index (χ3v) is 5.87. The lowest BCUT2D eigenvalue weighted by Gasteiger charge is -2.23. The van der Waals surface area contributed by atoms with Crippen molar-refractivity contribution < 1.29 is 19.1 Å². The smallest absolute Gasteiger partial charge is 0.252 e. The number of hydrogen-bond donors (Lipinski definition) is 2. The Morgan fingerprint density at radius 1 is 1.12 bits per heavy atom. The molecule has 1 fully saturated rings. The number of pyridine rings is 1. The molecule has 8 nitrogen and oxygen atoms in total. The van der Waals surface area contributed by atoms with Crippen LogP contribution in [0, 0.1) is 0 Å². The van der Waals surface area contributed by atoms with Crippen molar-refractivity contribution in [1.29, 1.82) is 0 Å². The Morgan fingerprint density at radius 3 is 2.61 bits per heavy atom. The highest BCUT2D eigenvalue weighted by Crippen LogP contribution is 2.26. The Bertz CT molecular complexity index is 1190. The molecule has 33 heavy (non-hydrogen) atoms. The lowest BCUT2D eigenvalue weighted by atomic mass is 10.0. The first-order chi connectivity index (χ1) is 16.0. The largest absolute Gasteiger partial charge is 0.497 e. The lowest BCUT2D eigenvalue weighted by molar-refractivity contribution is -0.137. The van der Waals surface area contributed by atoms with Crippen LogP contribution in [0.3, 0.4) is 0 Å². The molecule has 0 aliphatic carbocycles. The number of nitrogens with zero attached hydrogens (tertiary/aromatic N) is 2. The summed E-state index contributed by atoms with van der Waals surface area (Å²) in [5, 5.41) is 6.03. The van der Waals surface area contributed by atoms with Crippen LogP contribution in [0.1, 0.15) is 23.2 Å². The summed E-state index contributed by atoms with van der Waals surface area (Å²) in [5.41, 5.74) is 2.61. The second-order valence-corrected chi connectivity index (χ2v) is 7.84. The summed E-state index contributed by atoms with van der Waals surface area (Å²) in [7, 11) is 3.16. The molecule has 3 amide bonds. The van der Waals surface area contributed by atoms with Gasteiger partial charge in [0, 0.05) is 24.5 Å². The van der Waals surface area contributed by atoms with Crippen molar-refractivity contribution in [3.63, 3.8) is 0 Å². The average Bonchev–Trinajstić information content (AvgIpc) is 3.36. The fraction of sp³-hybridized carbons (Fsp3) is 0.280. The zero-order valence-corrected chi connectivity index (χ0v) is 18.6. The average molecular weight is 447 g/mol. The van der Waals surface area contributed by atoms with E-state index >= 15 is 0 Å². The number of likely N-dealkylation sites (tertiary alicyclic amines) is 1. The van der Waals surface area contributed by atoms with Crippen LogP contribution in [0.15, 0.2) is 54.6 Å². The van der Waals surface area contributed by atoms with Gasteiger partial charge in [-0.2, -0.15) is 0 Å². The highest BCUT2D eigenvalue weighted by atomic mass is 16.5. The van der Waals surface area contributed by atoms with Crippen molar-refractivity contribution in [2.75, 3.05) is 27.2 Å². The molecule has 1 saturated heterocycles. The Hall–Kier alpha value is -3.94. The van der Waals surface area contributed by atoms with Crippen LogP contribution in [0.25, 0.3) is 22.2 Å². The Morgan fingerprint density at radius 2 is 1.88 bits per heavy atom. The van der Waals surface area contributed by atoms with Crippen molar-refractivity contribution in [3.8, 4) is 17.0 Å². The van der Waals surface area contributed by atoms with Gasteiger partial charge in [-0.15, -0.1) is 0 Å². The number of methoxy groups -OCH3 is 1. The molecule has 1 aliphatic heterocycles. The molecule has 0 bridgehead atoms. The second-order valence-electron chi connectivity index (χ2n) is 7.84. The van der Waals surface area contributed by atoms with Gasteiger partial charge >= 0.3 is 0 Å². The van der Waals surface area contributed by atoms with E-state index in [-0.39, 0.29) is 24.3 Å². The number of hydrogen-bond acceptors (Lipinski definition) is 5. The number of amides is 3. The number of aromatic nitrogens is 1. The molecule has 1 aromatic heterocycles. The number of para-hydroxylation sites is 1. The predicted octanol–water partition coefficient (Wildman–Crippen LogP) is 2.38. The molecule has 0 spiro atoms. The zero-order chi connectivity index (χ0) is 23.4. The Labute approximate surface area is 191 Å². The van der Waals surface area contributed by atoms with Crippen molar-refractivity contribution >= 4 is 28.6 Å². The third kappa shape index (κ3) is 4.64. The summed E-state index contributed by atoms with van der Waals surface area (Å²) >= 11 is 0. The Balaban J connectivity index is 1.57. The fourth-order valence-electron chi connectivity index (χ4n) is 4.13. The van der Waals surface area contributed by atoms with Crippen LogP contribution in [0.4, 0.5) is 0 Å². The molecule has 2 heterocycles. The van der Waals surface area contributed by atoms with Gasteiger partial charge in [0.1, 0.15) is 11.8 Å². The molecule has 2 aromatic carbocycles. The van der Waals surface area contributed by atoms with Crippen molar-refractivity contribution in [2.45, 2.75) is 18.9 Å². The minimum absolute atomic E-state index is 0.180. The topological polar surface area (TPSA) is 101 Å². The molecule has 3 aromatic rings. The van der Waals surface area contributed by atoms with Crippen molar-refractivity contribution in [2.24, 2.45) is 0 Å². The number of nitrogens with one attached hydrogen (secondary N) is 2. The summed E-state index contributed by atoms with van der Waals surface area (Å²) < 4.78 is 5.22. The molecule has 1 unspecified atom stereocenters. The van der Waals surface area contributed by atoms with Gasteiger partial charge in [0.05, 0.1) is 30.4 Å². The van der Waals surface area contributed by atoms with E-state index in [1.165, 1.54) is 4.90 Å². The molecule has 170 valence electrons. The number of likely N-dealkylation sites (N-methyl/N-ethyl adjacent to an activating group) is 1. The van der Waals surface area contributed by atoms with Crippen LogP contribution in [-0.4, -0.2) is 60.9 Å². The van der Waals surface area contributed by atoms with Gasteiger partial charge < -0.3 is 20.3 Å². The normalized spacial score (nSPS) is 15.3. The maximum absolute atomic E-state index is 13.1. The molecule has 0 radical (unpaired) electrons. The van der Waals surface area contributed by atoms with Crippen molar-refractivity contribution in [3.05, 3.63) is 60.2 Å². The van der Waals surface area contributed by atoms with Gasteiger partial charge in [0.15, 0.2) is 0 Å². The summed E-state index contributed by atoms with van der Waals surface area (Å²) in [4.78, 5) is 44.1. The van der Waals surface area contributed by atoms with Gasteiger partial charge in [-0.1, -0.05) is 18.2 Å². The van der Waals surface area contributed by atoms with E-state index in [2.05, 4.69) is 10.6 Å². The summed E-state index contributed by atoms with van der Waals surface area (Å²) in [6.07, 6.45) is 1.39. The molecular formula is C25H26N4O4. The highest BCUT2D eigenvalue weighted by molar-refractivity contribution is 6.08. The van der Waals surface area contributed by atoms with Crippen LogP contribution in [0.5, 0.6) is 5.75 Å². The van der Waals surface area contributed by atoms with Gasteiger partial charge in [-0.3, -0.25) is 14.4 Å². The molecular weight excluding hydrogens is 420 g/mol. The maximum Gasteiger partial charge on any atom is 0.252 e. The van der Waals surface area contributed by atoms with E-state index in [0.717, 1.165) is 17.7 Å². The van der Waals surface area contributed by atoms with E-state index in [9.17, 15) is 14.4 Å². The number of ether oxygens (including phenoxy) is 1. The van der Waals surface area contributed by atoms with Crippen LogP contribution in [0.2, 0.25) is 0 Å². The maximum atomic E-state index is 13.1. The van der Waals surface area contributed by atoms with E-state index < -0.39 is 6.04 Å². The first-order valence-electron chi connectivity index (χ1n) is 10.9. The molecule has 1 atom stereocenters. The molecule has 2 N–H and O–H groups in total. The second kappa shape index (κ2) is 9.68. The van der Waals surface area contributed by atoms with E-state index in [4.69, 9.17) is 9.72 Å². The van der Waals surface area contributed by atoms with Crippen LogP contribution in [-0.2, 0) is 9.59 Å². The minimum Gasteiger partial charge on any atom is -0.497 e. The third-order valence-electron chi connectivity index (χ3n) is 5.87. The monoisotopic (exact) mass is 446 g/mol. The van der Waals surface area contributed by atoms with Crippen LogP contribution < -0.4 is 15.4 Å². The summed E-state index contributed by atoms with van der Waals surface area (Å²) in [5.74, 6) is -0.0972. The standard InChI is InChI=1S/C25H26N4O4/c1-26-25(32)22-8-5-13-29(22)23(30)15-27-24(31)19-14-21(16-9-11-17(33-2)12-10-16)28-20-7-4-3-6-18(19)20/h3-4,6-7,9-12,14,22H,5,8,13,15H2,1-2H3,(H,26,32)(H,27,31). The highest BCUT2D eigenvalue weighted by Gasteiger charge is 2.33. The van der Waals surface area contributed by atoms with Gasteiger partial charge in [-0.05, 0) is 49.2 Å². The summed E-state index contributed by atoms with van der Waals surface area (Å²) in [6, 6.07) is 16.1. The number of carbonyl (C=O) groups excluding carboxylic acids is 3. The SMILES string of the molecule is CNC(=O)C1CCCN1C(=O)CNC(=O)c1cc(-c2ccc(OC)cc2)nc2ccccc12. The van der Waals surface area contributed by atoms with Gasteiger partial charge in [0.2, 0.25) is 11.8 Å². The number of benzene rings is 2. The van der Waals surface area contributed by atoms with E-state index in [1.807, 2.05) is 48.5 Å².